The molecular formula is C25H23ClN2O3. The van der Waals surface area contributed by atoms with Crippen LogP contribution in [0, 0.1) is 11.8 Å². The molecule has 5 nitrogen and oxygen atoms in total. The highest BCUT2D eigenvalue weighted by atomic mass is 35.5. The first-order valence-electron chi connectivity index (χ1n) is 10.2. The molecule has 1 aromatic heterocycles. The van der Waals surface area contributed by atoms with E-state index in [4.69, 9.17) is 16.3 Å². The summed E-state index contributed by atoms with van der Waals surface area (Å²) in [6.45, 7) is -0.0971. The minimum Gasteiger partial charge on any atom is -0.394 e. The lowest BCUT2D eigenvalue weighted by atomic mass is 9.94. The second kappa shape index (κ2) is 10.0. The van der Waals surface area contributed by atoms with Crippen LogP contribution in [0.5, 0.6) is 0 Å². The van der Waals surface area contributed by atoms with Crippen LogP contribution < -0.4 is 0 Å². The van der Waals surface area contributed by atoms with Crippen molar-refractivity contribution >= 4 is 11.6 Å². The number of halogens is 1. The third kappa shape index (κ3) is 5.69. The number of ether oxygens (including phenoxy) is 1. The Morgan fingerprint density at radius 2 is 1.90 bits per heavy atom. The minimum absolute atomic E-state index is 0.0971. The van der Waals surface area contributed by atoms with Gasteiger partial charge in [-0.25, -0.2) is 4.98 Å². The highest BCUT2D eigenvalue weighted by molar-refractivity contribution is 6.31. The van der Waals surface area contributed by atoms with Gasteiger partial charge >= 0.3 is 0 Å². The quantitative estimate of drug-likeness (QED) is 0.612. The van der Waals surface area contributed by atoms with Crippen molar-refractivity contribution in [3.63, 3.8) is 0 Å². The molecule has 0 saturated carbocycles. The summed E-state index contributed by atoms with van der Waals surface area (Å²) < 4.78 is 5.94. The molecule has 0 spiro atoms. The topological polar surface area (TPSA) is 75.5 Å². The molecule has 158 valence electrons. The summed E-state index contributed by atoms with van der Waals surface area (Å²) in [6.07, 6.45) is 5.43. The molecule has 1 aliphatic rings. The fourth-order valence-electron chi connectivity index (χ4n) is 3.68. The lowest BCUT2D eigenvalue weighted by Gasteiger charge is -2.32. The number of aliphatic hydroxyl groups excluding tert-OH is 2. The predicted molar refractivity (Wildman–Crippen MR) is 119 cm³/mol. The van der Waals surface area contributed by atoms with Crippen molar-refractivity contribution in [3.8, 4) is 11.8 Å². The first-order valence-corrected chi connectivity index (χ1v) is 10.6. The number of hydrogen-bond donors (Lipinski definition) is 2. The molecule has 3 atom stereocenters. The Morgan fingerprint density at radius 3 is 2.65 bits per heavy atom. The zero-order chi connectivity index (χ0) is 21.6. The van der Waals surface area contributed by atoms with Gasteiger partial charge in [0.2, 0.25) is 0 Å². The number of aromatic nitrogens is 2. The second-order valence-corrected chi connectivity index (χ2v) is 8.03. The van der Waals surface area contributed by atoms with Crippen LogP contribution in [-0.2, 0) is 11.2 Å². The van der Waals surface area contributed by atoms with Crippen LogP contribution in [0.4, 0.5) is 0 Å². The van der Waals surface area contributed by atoms with Gasteiger partial charge in [0.25, 0.3) is 0 Å². The molecule has 3 aromatic rings. The molecule has 0 amide bonds. The number of aliphatic hydroxyl groups is 2. The Labute approximate surface area is 186 Å². The molecule has 2 unspecified atom stereocenters. The van der Waals surface area contributed by atoms with Crippen LogP contribution in [0.15, 0.2) is 61.1 Å². The van der Waals surface area contributed by atoms with Gasteiger partial charge in [0.05, 0.1) is 31.1 Å². The first kappa shape index (κ1) is 21.5. The molecule has 1 aliphatic heterocycles. The van der Waals surface area contributed by atoms with Gasteiger partial charge in [-0.1, -0.05) is 41.8 Å². The van der Waals surface area contributed by atoms with Gasteiger partial charge in [-0.3, -0.25) is 4.98 Å². The molecule has 2 N–H and O–H groups in total. The Morgan fingerprint density at radius 1 is 1.06 bits per heavy atom. The molecule has 6 heteroatoms. The van der Waals surface area contributed by atoms with Crippen LogP contribution in [0.25, 0.3) is 0 Å². The summed E-state index contributed by atoms with van der Waals surface area (Å²) in [5.74, 6) is 6.09. The number of benzene rings is 2. The van der Waals surface area contributed by atoms with E-state index in [0.29, 0.717) is 30.0 Å². The maximum Gasteiger partial charge on any atom is 0.131 e. The van der Waals surface area contributed by atoms with Crippen molar-refractivity contribution in [1.29, 1.82) is 0 Å². The van der Waals surface area contributed by atoms with E-state index >= 15 is 0 Å². The Bertz CT molecular complexity index is 1080. The van der Waals surface area contributed by atoms with Crippen molar-refractivity contribution in [1.82, 2.24) is 9.97 Å². The fourth-order valence-corrected chi connectivity index (χ4v) is 3.86. The van der Waals surface area contributed by atoms with Gasteiger partial charge in [-0.15, -0.1) is 0 Å². The van der Waals surface area contributed by atoms with Gasteiger partial charge in [0, 0.05) is 35.8 Å². The van der Waals surface area contributed by atoms with E-state index < -0.39 is 6.10 Å². The lowest BCUT2D eigenvalue weighted by Crippen LogP contribution is -2.33. The monoisotopic (exact) mass is 434 g/mol. The van der Waals surface area contributed by atoms with Crippen LogP contribution in [-0.4, -0.2) is 39.0 Å². The first-order chi connectivity index (χ1) is 15.1. The summed E-state index contributed by atoms with van der Waals surface area (Å²) in [6, 6.07) is 13.8. The molecule has 0 radical (unpaired) electrons. The van der Waals surface area contributed by atoms with Crippen LogP contribution in [0.3, 0.4) is 0 Å². The standard InChI is InChI=1S/C25H23ClN2O3/c26-24-8-6-19(25-14-22(30)13-23(16-29)31-25)12-20(24)11-18-3-1-17(2-4-18)5-7-21-15-27-9-10-28-21/h1-4,6,8-10,12,15,22-23,25,29-30H,11,13-14,16H2/t22?,23?,25-/m1/s1. The fraction of sp³-hybridized carbons (Fsp3) is 0.280. The molecule has 2 heterocycles. The third-order valence-electron chi connectivity index (χ3n) is 5.27. The van der Waals surface area contributed by atoms with Crippen molar-refractivity contribution in [2.75, 3.05) is 6.61 Å². The largest absolute Gasteiger partial charge is 0.394 e. The van der Waals surface area contributed by atoms with Crippen LogP contribution >= 0.6 is 11.6 Å². The third-order valence-corrected chi connectivity index (χ3v) is 5.64. The van der Waals surface area contributed by atoms with Gasteiger partial charge in [0.1, 0.15) is 5.69 Å². The molecule has 0 bridgehead atoms. The molecule has 31 heavy (non-hydrogen) atoms. The van der Waals surface area contributed by atoms with E-state index in [1.54, 1.807) is 18.6 Å². The lowest BCUT2D eigenvalue weighted by molar-refractivity contribution is -0.113. The predicted octanol–water partition coefficient (Wildman–Crippen LogP) is 3.69. The normalized spacial score (nSPS) is 20.7. The zero-order valence-corrected chi connectivity index (χ0v) is 17.7. The number of hydrogen-bond acceptors (Lipinski definition) is 5. The van der Waals surface area contributed by atoms with Gasteiger partial charge in [-0.05, 0) is 47.2 Å². The summed E-state index contributed by atoms with van der Waals surface area (Å²) in [5, 5.41) is 20.2. The van der Waals surface area contributed by atoms with Gasteiger partial charge in [-0.2, -0.15) is 0 Å². The van der Waals surface area contributed by atoms with Gasteiger partial charge in [0.15, 0.2) is 0 Å². The summed E-state index contributed by atoms with van der Waals surface area (Å²) >= 11 is 6.45. The summed E-state index contributed by atoms with van der Waals surface area (Å²) in [5.41, 5.74) is 4.59. The average molecular weight is 435 g/mol. The molecule has 4 rings (SSSR count). The van der Waals surface area contributed by atoms with E-state index in [0.717, 1.165) is 22.3 Å². The molecule has 1 saturated heterocycles. The Hall–Kier alpha value is -2.75. The smallest absolute Gasteiger partial charge is 0.131 e. The SMILES string of the molecule is OCC1CC(O)C[C@H](c2ccc(Cl)c(Cc3ccc(C#Cc4cnccn4)cc3)c2)O1. The van der Waals surface area contributed by atoms with E-state index in [1.165, 1.54) is 0 Å². The van der Waals surface area contributed by atoms with Crippen molar-refractivity contribution < 1.29 is 14.9 Å². The highest BCUT2D eigenvalue weighted by Crippen LogP contribution is 2.33. The minimum atomic E-state index is -0.481. The maximum atomic E-state index is 10.1. The second-order valence-electron chi connectivity index (χ2n) is 7.62. The van der Waals surface area contributed by atoms with Crippen molar-refractivity contribution in [2.24, 2.45) is 0 Å². The van der Waals surface area contributed by atoms with E-state index in [2.05, 4.69) is 21.8 Å². The van der Waals surface area contributed by atoms with Crippen molar-refractivity contribution in [3.05, 3.63) is 94.0 Å². The summed E-state index contributed by atoms with van der Waals surface area (Å²) in [4.78, 5) is 8.16. The number of nitrogens with zero attached hydrogens (tertiary/aromatic N) is 2. The Balaban J connectivity index is 1.48. The Kier molecular flexibility index (Phi) is 6.96. The number of rotatable bonds is 4. The molecule has 2 aromatic carbocycles. The van der Waals surface area contributed by atoms with Crippen LogP contribution in [0.1, 0.15) is 46.9 Å². The molecule has 0 aliphatic carbocycles. The van der Waals surface area contributed by atoms with Crippen LogP contribution in [0.2, 0.25) is 5.02 Å². The van der Waals surface area contributed by atoms with E-state index in [9.17, 15) is 10.2 Å². The molecular weight excluding hydrogens is 412 g/mol. The molecule has 1 fully saturated rings. The highest BCUT2D eigenvalue weighted by Gasteiger charge is 2.29. The average Bonchev–Trinajstić information content (AvgIpc) is 2.80. The van der Waals surface area contributed by atoms with E-state index in [-0.39, 0.29) is 18.8 Å². The van der Waals surface area contributed by atoms with Gasteiger partial charge < -0.3 is 14.9 Å². The maximum absolute atomic E-state index is 10.1. The zero-order valence-electron chi connectivity index (χ0n) is 16.9. The van der Waals surface area contributed by atoms with Crippen molar-refractivity contribution in [2.45, 2.75) is 37.6 Å². The summed E-state index contributed by atoms with van der Waals surface area (Å²) in [7, 11) is 0. The van der Waals surface area contributed by atoms with E-state index in [1.807, 2.05) is 42.5 Å².